The summed E-state index contributed by atoms with van der Waals surface area (Å²) in [6.45, 7) is 12.5. The normalized spacial score (nSPS) is 15.4. The highest BCUT2D eigenvalue weighted by molar-refractivity contribution is 5.95. The predicted octanol–water partition coefficient (Wildman–Crippen LogP) is 8.39. The zero-order valence-corrected chi connectivity index (χ0v) is 40.5. The van der Waals surface area contributed by atoms with Crippen molar-refractivity contribution >= 4 is 35.8 Å². The van der Waals surface area contributed by atoms with Crippen LogP contribution in [0.5, 0.6) is 0 Å². The van der Waals surface area contributed by atoms with Crippen molar-refractivity contribution in [2.24, 2.45) is 11.3 Å². The molecule has 362 valence electrons. The number of carbonyl (C=O) groups is 6. The number of hydrogen-bond donors (Lipinski definition) is 4. The number of hydrogen-bond acceptors (Lipinski definition) is 9. The molecule has 0 aliphatic heterocycles. The van der Waals surface area contributed by atoms with Gasteiger partial charge in [-0.25, -0.2) is 9.59 Å². The summed E-state index contributed by atoms with van der Waals surface area (Å²) in [5.41, 5.74) is 4.94. The molecule has 0 aromatic heterocycles. The van der Waals surface area contributed by atoms with Crippen molar-refractivity contribution in [2.45, 2.75) is 142 Å². The Bertz CT molecular complexity index is 2350. The van der Waals surface area contributed by atoms with E-state index in [9.17, 15) is 28.8 Å². The first-order valence-electron chi connectivity index (χ1n) is 23.9. The van der Waals surface area contributed by atoms with Crippen molar-refractivity contribution < 1.29 is 43.0 Å². The average molecular weight is 929 g/mol. The van der Waals surface area contributed by atoms with Crippen LogP contribution in [0.3, 0.4) is 0 Å². The Morgan fingerprint density at radius 1 is 0.632 bits per heavy atom. The van der Waals surface area contributed by atoms with E-state index < -0.39 is 70.9 Å². The van der Waals surface area contributed by atoms with E-state index in [1.807, 2.05) is 110 Å². The lowest BCUT2D eigenvalue weighted by atomic mass is 9.85. The van der Waals surface area contributed by atoms with E-state index in [4.69, 9.17) is 14.2 Å². The molecular weight excluding hydrogens is 861 g/mol. The van der Waals surface area contributed by atoms with Gasteiger partial charge in [0, 0.05) is 18.8 Å². The number of rotatable bonds is 19. The molecule has 0 radical (unpaired) electrons. The first-order chi connectivity index (χ1) is 32.4. The summed E-state index contributed by atoms with van der Waals surface area (Å²) in [5.74, 6) is -3.12. The highest BCUT2D eigenvalue weighted by Gasteiger charge is 2.39. The minimum absolute atomic E-state index is 0.0128. The van der Waals surface area contributed by atoms with E-state index in [0.717, 1.165) is 64.6 Å². The van der Waals surface area contributed by atoms with Crippen LogP contribution < -0.4 is 21.3 Å². The summed E-state index contributed by atoms with van der Waals surface area (Å²) in [7, 11) is 0. The van der Waals surface area contributed by atoms with Gasteiger partial charge in [-0.05, 0) is 90.8 Å². The molecule has 68 heavy (non-hydrogen) atoms. The highest BCUT2D eigenvalue weighted by atomic mass is 16.6. The lowest BCUT2D eigenvalue weighted by Crippen LogP contribution is -2.61. The molecule has 13 nitrogen and oxygen atoms in total. The molecule has 1 fully saturated rings. The smallest absolute Gasteiger partial charge is 0.407 e. The minimum atomic E-state index is -1.33. The quantitative estimate of drug-likeness (QED) is 0.0531. The number of benzene rings is 4. The Hall–Kier alpha value is -6.50. The highest BCUT2D eigenvalue weighted by Crippen LogP contribution is 2.44. The Morgan fingerprint density at radius 3 is 1.82 bits per heavy atom. The third-order valence-electron chi connectivity index (χ3n) is 12.6. The van der Waals surface area contributed by atoms with Gasteiger partial charge in [0.05, 0.1) is 0 Å². The molecule has 0 saturated heterocycles. The number of amides is 4. The first-order valence-corrected chi connectivity index (χ1v) is 23.9. The summed E-state index contributed by atoms with van der Waals surface area (Å²) in [6.07, 6.45) is 3.12. The van der Waals surface area contributed by atoms with Crippen LogP contribution in [0.2, 0.25) is 0 Å². The fourth-order valence-electron chi connectivity index (χ4n) is 9.04. The Balaban J connectivity index is 1.21. The number of aryl methyl sites for hydroxylation is 1. The maximum absolute atomic E-state index is 14.6. The molecule has 0 heterocycles. The van der Waals surface area contributed by atoms with Crippen LogP contribution in [-0.4, -0.2) is 72.1 Å². The molecule has 1 saturated carbocycles. The van der Waals surface area contributed by atoms with Crippen molar-refractivity contribution in [3.05, 3.63) is 131 Å². The van der Waals surface area contributed by atoms with Gasteiger partial charge in [-0.2, -0.15) is 0 Å². The third kappa shape index (κ3) is 14.3. The van der Waals surface area contributed by atoms with Gasteiger partial charge in [0.2, 0.25) is 17.7 Å². The number of ether oxygens (including phenoxy) is 3. The monoisotopic (exact) mass is 928 g/mol. The number of esters is 2. The summed E-state index contributed by atoms with van der Waals surface area (Å²) < 4.78 is 17.1. The number of alkyl carbamates (subject to hydrolysis) is 1. The van der Waals surface area contributed by atoms with Gasteiger partial charge < -0.3 is 35.5 Å². The third-order valence-corrected chi connectivity index (χ3v) is 12.6. The fourth-order valence-corrected chi connectivity index (χ4v) is 9.04. The van der Waals surface area contributed by atoms with Crippen molar-refractivity contribution in [3.63, 3.8) is 0 Å². The molecule has 2 aliphatic carbocycles. The second-order valence-corrected chi connectivity index (χ2v) is 20.2. The Kier molecular flexibility index (Phi) is 17.2. The molecule has 4 atom stereocenters. The summed E-state index contributed by atoms with van der Waals surface area (Å²) in [5, 5.41) is 11.4. The second kappa shape index (κ2) is 23.0. The second-order valence-electron chi connectivity index (χ2n) is 20.2. The molecule has 4 amide bonds. The van der Waals surface area contributed by atoms with Crippen molar-refractivity contribution in [1.29, 1.82) is 0 Å². The van der Waals surface area contributed by atoms with Gasteiger partial charge in [0.25, 0.3) is 0 Å². The van der Waals surface area contributed by atoms with Gasteiger partial charge in [0.15, 0.2) is 0 Å². The van der Waals surface area contributed by atoms with E-state index in [0.29, 0.717) is 6.42 Å². The summed E-state index contributed by atoms with van der Waals surface area (Å²) in [6, 6.07) is 27.9. The number of nitrogens with one attached hydrogen (secondary N) is 4. The lowest BCUT2D eigenvalue weighted by Gasteiger charge is -2.33. The molecular formula is C55H68N4O9. The van der Waals surface area contributed by atoms with Gasteiger partial charge >= 0.3 is 18.0 Å². The van der Waals surface area contributed by atoms with E-state index >= 15 is 0 Å². The van der Waals surface area contributed by atoms with Crippen LogP contribution in [0, 0.1) is 18.3 Å². The lowest BCUT2D eigenvalue weighted by molar-refractivity contribution is -0.155. The average Bonchev–Trinajstić information content (AvgIpc) is 3.93. The topological polar surface area (TPSA) is 178 Å². The van der Waals surface area contributed by atoms with Crippen LogP contribution in [0.1, 0.15) is 120 Å². The Morgan fingerprint density at radius 2 is 1.21 bits per heavy atom. The van der Waals surface area contributed by atoms with Gasteiger partial charge in [-0.3, -0.25) is 19.2 Å². The maximum atomic E-state index is 14.6. The zero-order chi connectivity index (χ0) is 49.0. The van der Waals surface area contributed by atoms with Crippen LogP contribution in [0.4, 0.5) is 4.79 Å². The van der Waals surface area contributed by atoms with Gasteiger partial charge in [0.1, 0.15) is 43.0 Å². The summed E-state index contributed by atoms with van der Waals surface area (Å²) in [4.78, 5) is 83.8. The van der Waals surface area contributed by atoms with Crippen LogP contribution >= 0.6 is 0 Å². The molecule has 6 rings (SSSR count). The molecule has 13 heteroatoms. The van der Waals surface area contributed by atoms with E-state index in [1.54, 1.807) is 41.5 Å². The van der Waals surface area contributed by atoms with E-state index in [-0.39, 0.29) is 44.3 Å². The zero-order valence-electron chi connectivity index (χ0n) is 40.5. The van der Waals surface area contributed by atoms with Gasteiger partial charge in [-0.15, -0.1) is 0 Å². The van der Waals surface area contributed by atoms with Crippen LogP contribution in [0.15, 0.2) is 103 Å². The number of fused-ring (bicyclic) bond motifs is 3. The van der Waals surface area contributed by atoms with Crippen molar-refractivity contribution in [3.8, 4) is 11.1 Å². The Labute approximate surface area is 400 Å². The minimum Gasteiger partial charge on any atom is -0.460 e. The molecule has 0 spiro atoms. The molecule has 4 aromatic carbocycles. The molecule has 4 N–H and O–H groups in total. The standard InChI is InChI=1S/C55H68N4O9/c1-35-19-11-14-24-38(35)32-45(50(62)59-48(54(2,3)4)51(63)57-46(31-36-20-12-13-21-36)52(64)66-33-37-22-9-8-10-23-37)56-49(61)44(29-30-47(60)68-55(5,6)7)58-53(65)67-34-43-41-27-17-15-25-39(41)40-26-16-18-28-42(40)43/h8-11,14-19,22-28,36,43-46,48H,12-13,20-21,29-34H2,1-7H3,(H,56,61)(H,57,63)(H,58,65)(H,59,62)/t44-,45-,46-,48+/m0/s1. The van der Waals surface area contributed by atoms with Crippen molar-refractivity contribution in [1.82, 2.24) is 21.3 Å². The fraction of sp³-hybridized carbons (Fsp3) is 0.455. The van der Waals surface area contributed by atoms with Crippen LogP contribution in [-0.2, 0) is 51.2 Å². The maximum Gasteiger partial charge on any atom is 0.407 e. The molecule has 2 aliphatic rings. The van der Waals surface area contributed by atoms with Crippen molar-refractivity contribution in [2.75, 3.05) is 6.61 Å². The first kappa shape index (κ1) is 50.9. The largest absolute Gasteiger partial charge is 0.460 e. The predicted molar refractivity (Wildman–Crippen MR) is 260 cm³/mol. The molecule has 0 bridgehead atoms. The van der Waals surface area contributed by atoms with E-state index in [2.05, 4.69) is 21.3 Å². The summed E-state index contributed by atoms with van der Waals surface area (Å²) >= 11 is 0. The van der Waals surface area contributed by atoms with Gasteiger partial charge in [-0.1, -0.05) is 150 Å². The SMILES string of the molecule is Cc1ccccc1C[C@H](NC(=O)[C@H](CCC(=O)OC(C)(C)C)NC(=O)OCC1c2ccccc2-c2ccccc21)C(=O)N[C@H](C(=O)N[C@@H](CC1CCCC1)C(=O)OCc1ccccc1)C(C)(C)C. The molecule has 0 unspecified atom stereocenters. The number of carbonyl (C=O) groups excluding carboxylic acids is 6. The van der Waals surface area contributed by atoms with Crippen LogP contribution in [0.25, 0.3) is 11.1 Å². The van der Waals surface area contributed by atoms with E-state index in [1.165, 1.54) is 0 Å². The molecule has 4 aromatic rings.